The Bertz CT molecular complexity index is 1410. The molecule has 0 saturated heterocycles. The third-order valence-electron chi connectivity index (χ3n) is 6.86. The van der Waals surface area contributed by atoms with Crippen molar-refractivity contribution in [2.75, 3.05) is 0 Å². The SMILES string of the molecule is O=C1CCCC2=C1C(c1ccc([N+](=O)[O-])cc1)C1=C(c3ccccc3C1=O)N2Cc1ccco1. The van der Waals surface area contributed by atoms with Crippen LogP contribution in [0, 0.1) is 10.1 Å². The van der Waals surface area contributed by atoms with Crippen LogP contribution in [0.5, 0.6) is 0 Å². The standard InChI is InChI=1S/C27H20N2O5/c30-22-9-3-8-21-24(22)23(16-10-12-17(13-11-16)29(32)33)25-26(28(21)15-18-5-4-14-34-18)19-6-1-2-7-20(19)27(25)31/h1-2,4-7,10-14,23H,3,8-9,15H2. The molecule has 0 bridgehead atoms. The number of nitrogens with zero attached hydrogens (tertiary/aromatic N) is 2. The maximum Gasteiger partial charge on any atom is 0.269 e. The fourth-order valence-electron chi connectivity index (χ4n) is 5.43. The van der Waals surface area contributed by atoms with E-state index in [4.69, 9.17) is 4.42 Å². The Balaban J connectivity index is 1.60. The lowest BCUT2D eigenvalue weighted by atomic mass is 9.74. The van der Waals surface area contributed by atoms with Gasteiger partial charge in [-0.05, 0) is 30.5 Å². The van der Waals surface area contributed by atoms with E-state index < -0.39 is 10.8 Å². The van der Waals surface area contributed by atoms with E-state index in [0.717, 1.165) is 29.1 Å². The average molecular weight is 452 g/mol. The number of allylic oxidation sites excluding steroid dienone is 3. The van der Waals surface area contributed by atoms with Crippen LogP contribution in [-0.4, -0.2) is 21.4 Å². The fraction of sp³-hybridized carbons (Fsp3) is 0.185. The van der Waals surface area contributed by atoms with E-state index in [0.29, 0.717) is 41.7 Å². The Hall–Kier alpha value is -4.26. The van der Waals surface area contributed by atoms with Crippen molar-refractivity contribution in [3.63, 3.8) is 0 Å². The zero-order valence-corrected chi connectivity index (χ0v) is 18.2. The lowest BCUT2D eigenvalue weighted by Crippen LogP contribution is -2.34. The molecule has 1 unspecified atom stereocenters. The quantitative estimate of drug-likeness (QED) is 0.389. The molecule has 0 radical (unpaired) electrons. The van der Waals surface area contributed by atoms with E-state index in [9.17, 15) is 19.7 Å². The first-order valence-corrected chi connectivity index (χ1v) is 11.2. The van der Waals surface area contributed by atoms with Crippen LogP contribution in [0.1, 0.15) is 52.4 Å². The first-order valence-electron chi connectivity index (χ1n) is 11.2. The van der Waals surface area contributed by atoms with E-state index in [-0.39, 0.29) is 17.3 Å². The summed E-state index contributed by atoms with van der Waals surface area (Å²) in [7, 11) is 0. The summed E-state index contributed by atoms with van der Waals surface area (Å²) in [5.74, 6) is 0.0846. The predicted octanol–water partition coefficient (Wildman–Crippen LogP) is 5.40. The number of nitro benzene ring substituents is 1. The Morgan fingerprint density at radius 2 is 1.71 bits per heavy atom. The molecule has 1 atom stereocenters. The van der Waals surface area contributed by atoms with Gasteiger partial charge in [-0.3, -0.25) is 19.7 Å². The van der Waals surface area contributed by atoms with Crippen LogP contribution in [0.15, 0.2) is 88.2 Å². The minimum Gasteiger partial charge on any atom is -0.467 e. The molecular weight excluding hydrogens is 432 g/mol. The van der Waals surface area contributed by atoms with Crippen LogP contribution >= 0.6 is 0 Å². The third kappa shape index (κ3) is 2.97. The lowest BCUT2D eigenvalue weighted by molar-refractivity contribution is -0.384. The van der Waals surface area contributed by atoms with E-state index in [2.05, 4.69) is 4.90 Å². The summed E-state index contributed by atoms with van der Waals surface area (Å²) in [5.41, 5.74) is 5.00. The van der Waals surface area contributed by atoms with Gasteiger partial charge in [0.25, 0.3) is 5.69 Å². The van der Waals surface area contributed by atoms with Crippen molar-refractivity contribution in [3.8, 4) is 0 Å². The van der Waals surface area contributed by atoms with E-state index in [1.54, 1.807) is 18.4 Å². The molecule has 3 aromatic rings. The van der Waals surface area contributed by atoms with Crippen LogP contribution in [0.3, 0.4) is 0 Å². The summed E-state index contributed by atoms with van der Waals surface area (Å²) in [6, 6.07) is 17.4. The van der Waals surface area contributed by atoms with Gasteiger partial charge in [-0.15, -0.1) is 0 Å². The van der Waals surface area contributed by atoms with Crippen LogP contribution in [0.2, 0.25) is 0 Å². The number of carbonyl (C=O) groups is 2. The monoisotopic (exact) mass is 452 g/mol. The van der Waals surface area contributed by atoms with Crippen LogP contribution in [0.25, 0.3) is 5.70 Å². The minimum absolute atomic E-state index is 0.0179. The van der Waals surface area contributed by atoms with Gasteiger partial charge >= 0.3 is 0 Å². The first-order chi connectivity index (χ1) is 16.5. The highest BCUT2D eigenvalue weighted by Crippen LogP contribution is 2.53. The van der Waals surface area contributed by atoms with Gasteiger partial charge in [-0.1, -0.05) is 36.4 Å². The van der Waals surface area contributed by atoms with Gasteiger partial charge in [0, 0.05) is 52.4 Å². The summed E-state index contributed by atoms with van der Waals surface area (Å²) in [6.07, 6.45) is 3.47. The molecule has 2 aromatic carbocycles. The van der Waals surface area contributed by atoms with Crippen molar-refractivity contribution in [1.29, 1.82) is 0 Å². The number of carbonyl (C=O) groups excluding carboxylic acids is 2. The molecule has 168 valence electrons. The second-order valence-corrected chi connectivity index (χ2v) is 8.72. The summed E-state index contributed by atoms with van der Waals surface area (Å²) in [4.78, 5) is 40.0. The Morgan fingerprint density at radius 1 is 0.941 bits per heavy atom. The van der Waals surface area contributed by atoms with Gasteiger partial charge in [0.05, 0.1) is 23.4 Å². The number of fused-ring (bicyclic) bond motifs is 2. The Morgan fingerprint density at radius 3 is 2.41 bits per heavy atom. The number of hydrogen-bond donors (Lipinski definition) is 0. The summed E-state index contributed by atoms with van der Waals surface area (Å²) in [5, 5.41) is 11.2. The zero-order chi connectivity index (χ0) is 23.4. The second kappa shape index (κ2) is 7.66. The number of furan rings is 1. The number of ketones is 2. The smallest absolute Gasteiger partial charge is 0.269 e. The zero-order valence-electron chi connectivity index (χ0n) is 18.2. The summed E-state index contributed by atoms with van der Waals surface area (Å²) < 4.78 is 5.63. The van der Waals surface area contributed by atoms with E-state index >= 15 is 0 Å². The fourth-order valence-corrected chi connectivity index (χ4v) is 5.43. The van der Waals surface area contributed by atoms with Gasteiger partial charge in [-0.25, -0.2) is 0 Å². The number of rotatable bonds is 4. The van der Waals surface area contributed by atoms with Crippen molar-refractivity contribution >= 4 is 23.0 Å². The van der Waals surface area contributed by atoms with Gasteiger partial charge in [0.1, 0.15) is 5.76 Å². The molecule has 0 fully saturated rings. The van der Waals surface area contributed by atoms with Gasteiger partial charge < -0.3 is 9.32 Å². The normalized spacial score (nSPS) is 19.3. The highest BCUT2D eigenvalue weighted by atomic mass is 16.6. The molecule has 1 aromatic heterocycles. The molecule has 7 nitrogen and oxygen atoms in total. The first kappa shape index (κ1) is 20.4. The van der Waals surface area contributed by atoms with Gasteiger partial charge in [-0.2, -0.15) is 0 Å². The minimum atomic E-state index is -0.564. The molecule has 6 rings (SSSR count). The molecule has 7 heteroatoms. The number of non-ortho nitro benzene ring substituents is 1. The van der Waals surface area contributed by atoms with Crippen molar-refractivity contribution in [1.82, 2.24) is 4.90 Å². The molecule has 0 N–H and O–H groups in total. The average Bonchev–Trinajstić information content (AvgIpc) is 3.46. The topological polar surface area (TPSA) is 93.7 Å². The molecule has 0 amide bonds. The van der Waals surface area contributed by atoms with Crippen molar-refractivity contribution in [2.45, 2.75) is 31.7 Å². The van der Waals surface area contributed by atoms with Crippen molar-refractivity contribution in [2.24, 2.45) is 0 Å². The maximum atomic E-state index is 13.8. The highest BCUT2D eigenvalue weighted by molar-refractivity contribution is 6.23. The van der Waals surface area contributed by atoms with Gasteiger partial charge in [0.2, 0.25) is 0 Å². The van der Waals surface area contributed by atoms with E-state index in [1.807, 2.05) is 36.4 Å². The summed E-state index contributed by atoms with van der Waals surface area (Å²) in [6.45, 7) is 0.409. The summed E-state index contributed by atoms with van der Waals surface area (Å²) >= 11 is 0. The molecule has 0 spiro atoms. The number of benzene rings is 2. The Labute approximate surface area is 195 Å². The number of nitro groups is 1. The number of hydrogen-bond acceptors (Lipinski definition) is 6. The molecule has 2 aliphatic carbocycles. The molecular formula is C27H20N2O5. The van der Waals surface area contributed by atoms with Crippen LogP contribution in [0.4, 0.5) is 5.69 Å². The van der Waals surface area contributed by atoms with Crippen molar-refractivity contribution in [3.05, 3.63) is 116 Å². The maximum absolute atomic E-state index is 13.8. The predicted molar refractivity (Wildman–Crippen MR) is 124 cm³/mol. The number of Topliss-reactive ketones (excluding diaryl/α,β-unsaturated/α-hetero) is 2. The lowest BCUT2D eigenvalue weighted by Gasteiger charge is -2.40. The molecule has 34 heavy (non-hydrogen) atoms. The molecule has 1 aliphatic heterocycles. The van der Waals surface area contributed by atoms with E-state index in [1.165, 1.54) is 12.1 Å². The largest absolute Gasteiger partial charge is 0.467 e. The second-order valence-electron chi connectivity index (χ2n) is 8.72. The van der Waals surface area contributed by atoms with Crippen LogP contribution < -0.4 is 0 Å². The molecule has 3 aliphatic rings. The Kier molecular flexibility index (Phi) is 4.58. The molecule has 0 saturated carbocycles. The highest BCUT2D eigenvalue weighted by Gasteiger charge is 2.46. The third-order valence-corrected chi connectivity index (χ3v) is 6.86. The van der Waals surface area contributed by atoms with Crippen LogP contribution in [-0.2, 0) is 11.3 Å². The van der Waals surface area contributed by atoms with Crippen molar-refractivity contribution < 1.29 is 18.9 Å². The molecule has 2 heterocycles. The van der Waals surface area contributed by atoms with Gasteiger partial charge in [0.15, 0.2) is 11.6 Å².